The summed E-state index contributed by atoms with van der Waals surface area (Å²) in [7, 11) is -0.578. The number of anilines is 2. The highest BCUT2D eigenvalue weighted by Crippen LogP contribution is 2.35. The Labute approximate surface area is 222 Å². The van der Waals surface area contributed by atoms with Gasteiger partial charge in [0.25, 0.3) is 0 Å². The van der Waals surface area contributed by atoms with Crippen LogP contribution < -0.4 is 4.90 Å². The molecule has 3 aromatic carbocycles. The van der Waals surface area contributed by atoms with Gasteiger partial charge in [-0.15, -0.1) is 0 Å². The fourth-order valence-electron chi connectivity index (χ4n) is 4.34. The maximum absolute atomic E-state index is 14.5. The van der Waals surface area contributed by atoms with E-state index in [4.69, 9.17) is 9.31 Å². The first-order chi connectivity index (χ1) is 18.2. The van der Waals surface area contributed by atoms with Crippen molar-refractivity contribution in [2.24, 2.45) is 0 Å². The number of allylic oxidation sites excluding steroid dienone is 6. The summed E-state index contributed by atoms with van der Waals surface area (Å²) in [6.45, 7) is 4.09. The summed E-state index contributed by atoms with van der Waals surface area (Å²) in [5.41, 5.74) is 7.39. The van der Waals surface area contributed by atoms with E-state index in [1.165, 1.54) is 17.2 Å². The summed E-state index contributed by atoms with van der Waals surface area (Å²) in [4.78, 5) is 2.04. The van der Waals surface area contributed by atoms with Gasteiger partial charge in [0, 0.05) is 59.9 Å². The predicted octanol–water partition coefficient (Wildman–Crippen LogP) is 7.63. The van der Waals surface area contributed by atoms with Crippen LogP contribution in [0.15, 0.2) is 115 Å². The van der Waals surface area contributed by atoms with Crippen LogP contribution in [0.3, 0.4) is 0 Å². The van der Waals surface area contributed by atoms with Gasteiger partial charge in [0.2, 0.25) is 11.4 Å². The van der Waals surface area contributed by atoms with E-state index < -0.39 is 7.11 Å². The largest absolute Gasteiger partial charge is 0.725 e. The van der Waals surface area contributed by atoms with E-state index in [1.54, 1.807) is 24.3 Å². The number of aryl methyl sites for hydroxylation is 2. The zero-order chi connectivity index (χ0) is 26.9. The van der Waals surface area contributed by atoms with Gasteiger partial charge in [-0.25, -0.2) is 0 Å². The highest BCUT2D eigenvalue weighted by atomic mass is 19.3. The van der Waals surface area contributed by atoms with Crippen LogP contribution in [-0.2, 0) is 9.31 Å². The molecule has 0 saturated carbocycles. The summed E-state index contributed by atoms with van der Waals surface area (Å²) < 4.78 is 41.0. The molecule has 3 aromatic rings. The molecule has 0 unspecified atom stereocenters. The second kappa shape index (κ2) is 10.2. The Morgan fingerprint density at radius 1 is 0.711 bits per heavy atom. The highest BCUT2D eigenvalue weighted by Gasteiger charge is 2.38. The third-order valence-electron chi connectivity index (χ3n) is 6.71. The number of hydrogen-bond donors (Lipinski definition) is 0. The van der Waals surface area contributed by atoms with Crippen LogP contribution in [0.5, 0.6) is 0 Å². The van der Waals surface area contributed by atoms with Gasteiger partial charge >= 0.3 is 7.11 Å². The number of benzene rings is 3. The van der Waals surface area contributed by atoms with E-state index in [2.05, 4.69) is 24.3 Å². The zero-order valence-corrected chi connectivity index (χ0v) is 21.9. The molecule has 0 spiro atoms. The molecule has 4 nitrogen and oxygen atoms in total. The van der Waals surface area contributed by atoms with E-state index >= 15 is 0 Å². The Morgan fingerprint density at radius 3 is 1.82 bits per heavy atom. The number of hydrogen-bond acceptors (Lipinski definition) is 3. The molecule has 1 aliphatic carbocycles. The van der Waals surface area contributed by atoms with Crippen molar-refractivity contribution in [2.75, 3.05) is 19.0 Å². The van der Waals surface area contributed by atoms with Crippen molar-refractivity contribution in [1.82, 2.24) is 0 Å². The lowest BCUT2D eigenvalue weighted by atomic mass is 10.0. The van der Waals surface area contributed by atoms with E-state index in [0.717, 1.165) is 22.8 Å². The molecule has 7 heteroatoms. The summed E-state index contributed by atoms with van der Waals surface area (Å²) in [5.74, 6) is 0.142. The molecular weight excluding hydrogens is 481 g/mol. The molecule has 5 rings (SSSR count). The number of nitrogens with zero attached hydrogens (tertiary/aromatic N) is 2. The maximum Gasteiger partial charge on any atom is 0.725 e. The molecule has 0 atom stereocenters. The van der Waals surface area contributed by atoms with Gasteiger partial charge in [-0.1, -0.05) is 35.4 Å². The first-order valence-electron chi connectivity index (χ1n) is 12.5. The molecular formula is C31H29BF2N2O2. The van der Waals surface area contributed by atoms with Crippen molar-refractivity contribution in [2.45, 2.75) is 13.8 Å². The SMILES string of the molecule is Cc1ccc(N(C)c2ccc(C3=CC(=C4C=CC(=[N+](C)c5ccc(C)cc5)C=C4)O[B-](F)(F)O3)cc2)cc1. The summed E-state index contributed by atoms with van der Waals surface area (Å²) in [5, 5.41) is 0. The van der Waals surface area contributed by atoms with E-state index in [9.17, 15) is 8.63 Å². The molecule has 0 bridgehead atoms. The van der Waals surface area contributed by atoms with Gasteiger partial charge in [0.15, 0.2) is 0 Å². The quantitative estimate of drug-likeness (QED) is 0.267. The Morgan fingerprint density at radius 2 is 1.24 bits per heavy atom. The smallest absolute Gasteiger partial charge is 0.627 e. The minimum absolute atomic E-state index is 0.0710. The normalized spacial score (nSPS) is 16.1. The van der Waals surface area contributed by atoms with Crippen LogP contribution in [0.4, 0.5) is 25.7 Å². The fraction of sp³-hybridized carbons (Fsp3) is 0.129. The van der Waals surface area contributed by atoms with Crippen molar-refractivity contribution in [1.29, 1.82) is 0 Å². The van der Waals surface area contributed by atoms with E-state index in [-0.39, 0.29) is 11.5 Å². The van der Waals surface area contributed by atoms with Crippen molar-refractivity contribution in [3.63, 3.8) is 0 Å². The zero-order valence-electron chi connectivity index (χ0n) is 21.9. The number of rotatable bonds is 4. The predicted molar refractivity (Wildman–Crippen MR) is 151 cm³/mol. The van der Waals surface area contributed by atoms with Crippen molar-refractivity contribution < 1.29 is 22.5 Å². The second-order valence-electron chi connectivity index (χ2n) is 9.53. The average molecular weight is 510 g/mol. The Kier molecular flexibility index (Phi) is 6.76. The fourth-order valence-corrected chi connectivity index (χ4v) is 4.34. The summed E-state index contributed by atoms with van der Waals surface area (Å²) >= 11 is 0. The Hall–Kier alpha value is -4.39. The van der Waals surface area contributed by atoms with E-state index in [0.29, 0.717) is 11.1 Å². The van der Waals surface area contributed by atoms with Gasteiger partial charge in [-0.2, -0.15) is 4.58 Å². The standard InChI is InChI=1S/C31H29BF2N2O2/c1-22-5-13-26(14-6-22)35(3)28-17-9-24(10-18-28)30-21-31(38-32(33,34)37-30)25-11-19-29(20-12-25)36(4)27-15-7-23(2)8-16-27/h5-21H,1-4H3. The van der Waals surface area contributed by atoms with Crippen molar-refractivity contribution in [3.05, 3.63) is 131 Å². The molecule has 1 heterocycles. The lowest BCUT2D eigenvalue weighted by molar-refractivity contribution is -0.403. The molecule has 0 saturated heterocycles. The van der Waals surface area contributed by atoms with Crippen LogP contribution in [-0.4, -0.2) is 31.5 Å². The van der Waals surface area contributed by atoms with Crippen LogP contribution in [0, 0.1) is 13.8 Å². The van der Waals surface area contributed by atoms with Gasteiger partial charge in [0.05, 0.1) is 11.5 Å². The second-order valence-corrected chi connectivity index (χ2v) is 9.53. The molecule has 2 aliphatic rings. The van der Waals surface area contributed by atoms with Gasteiger partial charge in [-0.3, -0.25) is 0 Å². The third kappa shape index (κ3) is 5.47. The molecule has 0 amide bonds. The molecule has 0 aromatic heterocycles. The average Bonchev–Trinajstić information content (AvgIpc) is 2.92. The van der Waals surface area contributed by atoms with Gasteiger partial charge < -0.3 is 22.8 Å². The monoisotopic (exact) mass is 510 g/mol. The highest BCUT2D eigenvalue weighted by molar-refractivity contribution is 6.53. The van der Waals surface area contributed by atoms with Crippen LogP contribution >= 0.6 is 0 Å². The maximum atomic E-state index is 14.5. The van der Waals surface area contributed by atoms with Crippen LogP contribution in [0.1, 0.15) is 16.7 Å². The molecule has 0 fully saturated rings. The topological polar surface area (TPSA) is 24.7 Å². The minimum Gasteiger partial charge on any atom is -0.627 e. The van der Waals surface area contributed by atoms with E-state index in [1.807, 2.05) is 86.0 Å². The molecule has 0 radical (unpaired) electrons. The molecule has 38 heavy (non-hydrogen) atoms. The lowest BCUT2D eigenvalue weighted by Gasteiger charge is -2.35. The van der Waals surface area contributed by atoms with Gasteiger partial charge in [0.1, 0.15) is 7.05 Å². The third-order valence-corrected chi connectivity index (χ3v) is 6.71. The molecule has 1 aliphatic heterocycles. The van der Waals surface area contributed by atoms with Crippen molar-refractivity contribution in [3.8, 4) is 0 Å². The Bertz CT molecular complexity index is 1480. The Balaban J connectivity index is 1.41. The number of halogens is 2. The van der Waals surface area contributed by atoms with Crippen LogP contribution in [0.2, 0.25) is 0 Å². The van der Waals surface area contributed by atoms with Crippen molar-refractivity contribution >= 4 is 35.6 Å². The van der Waals surface area contributed by atoms with Crippen LogP contribution in [0.25, 0.3) is 5.76 Å². The lowest BCUT2D eigenvalue weighted by Crippen LogP contribution is -2.34. The first-order valence-corrected chi connectivity index (χ1v) is 12.5. The summed E-state index contributed by atoms with van der Waals surface area (Å²) in [6.07, 6.45) is 8.85. The molecule has 0 N–H and O–H groups in total. The van der Waals surface area contributed by atoms with Gasteiger partial charge in [-0.05, 0) is 62.4 Å². The first kappa shape index (κ1) is 25.3. The molecule has 192 valence electrons. The minimum atomic E-state index is -4.51. The summed E-state index contributed by atoms with van der Waals surface area (Å²) in [6, 6.07) is 23.7.